The Hall–Kier alpha value is -2.01. The topological polar surface area (TPSA) is 35.2 Å². The molecule has 0 saturated heterocycles. The summed E-state index contributed by atoms with van der Waals surface area (Å²) in [6.07, 6.45) is -4.36. The predicted molar refractivity (Wildman–Crippen MR) is 72.8 cm³/mol. The van der Waals surface area contributed by atoms with E-state index in [4.69, 9.17) is 10.5 Å². The van der Waals surface area contributed by atoms with Gasteiger partial charge in [0.15, 0.2) is 0 Å². The second kappa shape index (κ2) is 5.07. The molecule has 0 fully saturated rings. The molecule has 2 unspecified atom stereocenters. The molecule has 3 rings (SSSR count). The summed E-state index contributed by atoms with van der Waals surface area (Å²) >= 11 is 0. The van der Waals surface area contributed by atoms with Crippen molar-refractivity contribution in [1.82, 2.24) is 0 Å². The normalized spacial score (nSPS) is 21.5. The average molecular weight is 293 g/mol. The van der Waals surface area contributed by atoms with Crippen LogP contribution in [0, 0.1) is 0 Å². The van der Waals surface area contributed by atoms with Gasteiger partial charge in [-0.1, -0.05) is 30.3 Å². The molecule has 0 radical (unpaired) electrons. The number of ether oxygens (including phenoxy) is 1. The fraction of sp³-hybridized carbons (Fsp3) is 0.250. The zero-order valence-electron chi connectivity index (χ0n) is 11.1. The highest BCUT2D eigenvalue weighted by Gasteiger charge is 2.32. The first kappa shape index (κ1) is 13.9. The van der Waals surface area contributed by atoms with Crippen molar-refractivity contribution >= 4 is 0 Å². The highest BCUT2D eigenvalue weighted by atomic mass is 19.4. The minimum atomic E-state index is -4.36. The molecule has 0 aliphatic carbocycles. The Morgan fingerprint density at radius 2 is 1.81 bits per heavy atom. The fourth-order valence-electron chi connectivity index (χ4n) is 2.57. The van der Waals surface area contributed by atoms with Crippen molar-refractivity contribution in [3.63, 3.8) is 0 Å². The second-order valence-corrected chi connectivity index (χ2v) is 5.11. The number of rotatable bonds is 1. The highest BCUT2D eigenvalue weighted by molar-refractivity contribution is 5.39. The van der Waals surface area contributed by atoms with E-state index in [1.54, 1.807) is 12.1 Å². The zero-order valence-corrected chi connectivity index (χ0v) is 11.1. The van der Waals surface area contributed by atoms with Crippen LogP contribution in [0.5, 0.6) is 5.75 Å². The number of halogens is 3. The Morgan fingerprint density at radius 1 is 1.05 bits per heavy atom. The van der Waals surface area contributed by atoms with Crippen molar-refractivity contribution < 1.29 is 17.9 Å². The number of alkyl halides is 3. The van der Waals surface area contributed by atoms with E-state index in [1.165, 1.54) is 6.07 Å². The number of nitrogens with two attached hydrogens (primary N) is 1. The summed E-state index contributed by atoms with van der Waals surface area (Å²) in [5.41, 5.74) is 6.81. The molecule has 1 heterocycles. The maximum atomic E-state index is 12.8. The summed E-state index contributed by atoms with van der Waals surface area (Å²) in [5.74, 6) is 0.638. The van der Waals surface area contributed by atoms with Gasteiger partial charge in [0.1, 0.15) is 11.9 Å². The molecule has 2 aromatic carbocycles. The minimum absolute atomic E-state index is 0.241. The third-order valence-electron chi connectivity index (χ3n) is 3.64. The van der Waals surface area contributed by atoms with Gasteiger partial charge in [-0.2, -0.15) is 13.2 Å². The summed E-state index contributed by atoms with van der Waals surface area (Å²) in [4.78, 5) is 0. The van der Waals surface area contributed by atoms with Crippen molar-refractivity contribution in [1.29, 1.82) is 0 Å². The minimum Gasteiger partial charge on any atom is -0.485 e. The van der Waals surface area contributed by atoms with Crippen LogP contribution in [0.1, 0.15) is 35.3 Å². The maximum Gasteiger partial charge on any atom is 0.416 e. The number of fused-ring (bicyclic) bond motifs is 1. The van der Waals surface area contributed by atoms with Gasteiger partial charge in [0.05, 0.1) is 5.56 Å². The van der Waals surface area contributed by atoms with Gasteiger partial charge < -0.3 is 10.5 Å². The van der Waals surface area contributed by atoms with Gasteiger partial charge in [0.2, 0.25) is 0 Å². The monoisotopic (exact) mass is 293 g/mol. The van der Waals surface area contributed by atoms with E-state index < -0.39 is 17.8 Å². The van der Waals surface area contributed by atoms with E-state index in [-0.39, 0.29) is 6.04 Å². The summed E-state index contributed by atoms with van der Waals surface area (Å²) in [5, 5.41) is 0. The van der Waals surface area contributed by atoms with Crippen LogP contribution >= 0.6 is 0 Å². The van der Waals surface area contributed by atoms with Crippen LogP contribution in [-0.2, 0) is 6.18 Å². The van der Waals surface area contributed by atoms with E-state index in [9.17, 15) is 13.2 Å². The molecule has 1 aliphatic heterocycles. The predicted octanol–water partition coefficient (Wildman–Crippen LogP) is 4.23. The Morgan fingerprint density at radius 3 is 2.57 bits per heavy atom. The summed E-state index contributed by atoms with van der Waals surface area (Å²) in [6, 6.07) is 12.3. The first-order valence-corrected chi connectivity index (χ1v) is 6.63. The number of hydrogen-bond donors (Lipinski definition) is 1. The summed E-state index contributed by atoms with van der Waals surface area (Å²) in [6.45, 7) is 0. The molecule has 110 valence electrons. The molecule has 2 nitrogen and oxygen atoms in total. The number of para-hydroxylation sites is 1. The molecule has 0 bridgehead atoms. The van der Waals surface area contributed by atoms with Crippen molar-refractivity contribution in [2.75, 3.05) is 0 Å². The van der Waals surface area contributed by atoms with E-state index in [2.05, 4.69) is 0 Å². The van der Waals surface area contributed by atoms with Crippen LogP contribution in [0.4, 0.5) is 13.2 Å². The van der Waals surface area contributed by atoms with Gasteiger partial charge in [-0.3, -0.25) is 0 Å². The van der Waals surface area contributed by atoms with Crippen LogP contribution < -0.4 is 10.5 Å². The third-order valence-corrected chi connectivity index (χ3v) is 3.64. The molecule has 0 amide bonds. The standard InChI is InChI=1S/C16H14F3NO/c17-16(18,19)11-5-3-4-10(8-11)15-9-13(20)12-6-1-2-7-14(12)21-15/h1-8,13,15H,9,20H2. The van der Waals surface area contributed by atoms with E-state index in [0.717, 1.165) is 17.7 Å². The lowest BCUT2D eigenvalue weighted by atomic mass is 9.93. The Balaban J connectivity index is 1.93. The molecule has 2 aromatic rings. The van der Waals surface area contributed by atoms with Gasteiger partial charge in [-0.05, 0) is 23.8 Å². The van der Waals surface area contributed by atoms with E-state index in [1.807, 2.05) is 18.2 Å². The summed E-state index contributed by atoms with van der Waals surface area (Å²) in [7, 11) is 0. The second-order valence-electron chi connectivity index (χ2n) is 5.11. The molecular weight excluding hydrogens is 279 g/mol. The quantitative estimate of drug-likeness (QED) is 0.854. The van der Waals surface area contributed by atoms with Gasteiger partial charge in [0.25, 0.3) is 0 Å². The Kier molecular flexibility index (Phi) is 3.37. The molecule has 0 saturated carbocycles. The molecule has 2 N–H and O–H groups in total. The largest absolute Gasteiger partial charge is 0.485 e. The van der Waals surface area contributed by atoms with Crippen LogP contribution in [0.25, 0.3) is 0 Å². The van der Waals surface area contributed by atoms with Gasteiger partial charge >= 0.3 is 6.18 Å². The van der Waals surface area contributed by atoms with Crippen LogP contribution in [-0.4, -0.2) is 0 Å². The van der Waals surface area contributed by atoms with Gasteiger partial charge in [-0.25, -0.2) is 0 Å². The lowest BCUT2D eigenvalue weighted by molar-refractivity contribution is -0.137. The van der Waals surface area contributed by atoms with E-state index >= 15 is 0 Å². The maximum absolute atomic E-state index is 12.8. The lowest BCUT2D eigenvalue weighted by Crippen LogP contribution is -2.24. The molecule has 1 aliphatic rings. The zero-order chi connectivity index (χ0) is 15.0. The van der Waals surface area contributed by atoms with Crippen molar-refractivity contribution in [3.05, 3.63) is 65.2 Å². The molecule has 2 atom stereocenters. The van der Waals surface area contributed by atoms with Crippen molar-refractivity contribution in [2.45, 2.75) is 24.7 Å². The number of benzene rings is 2. The molecular formula is C16H14F3NO. The molecule has 5 heteroatoms. The van der Waals surface area contributed by atoms with Crippen LogP contribution in [0.15, 0.2) is 48.5 Å². The number of hydrogen-bond acceptors (Lipinski definition) is 2. The smallest absolute Gasteiger partial charge is 0.416 e. The third kappa shape index (κ3) is 2.74. The van der Waals surface area contributed by atoms with Gasteiger partial charge in [-0.15, -0.1) is 0 Å². The SMILES string of the molecule is NC1CC(c2cccc(C(F)(F)F)c2)Oc2ccccc21. The van der Waals surface area contributed by atoms with E-state index in [0.29, 0.717) is 17.7 Å². The highest BCUT2D eigenvalue weighted by Crippen LogP contribution is 2.40. The first-order chi connectivity index (χ1) is 9.95. The average Bonchev–Trinajstić information content (AvgIpc) is 2.46. The van der Waals surface area contributed by atoms with Gasteiger partial charge in [0, 0.05) is 18.0 Å². The van der Waals surface area contributed by atoms with Crippen LogP contribution in [0.3, 0.4) is 0 Å². The Bertz CT molecular complexity index is 654. The first-order valence-electron chi connectivity index (χ1n) is 6.63. The molecule has 21 heavy (non-hydrogen) atoms. The molecule has 0 aromatic heterocycles. The van der Waals surface area contributed by atoms with Crippen LogP contribution in [0.2, 0.25) is 0 Å². The Labute approximate surface area is 120 Å². The van der Waals surface area contributed by atoms with Crippen molar-refractivity contribution in [2.24, 2.45) is 5.73 Å². The van der Waals surface area contributed by atoms with Crippen molar-refractivity contribution in [3.8, 4) is 5.75 Å². The lowest BCUT2D eigenvalue weighted by Gasteiger charge is -2.30. The molecule has 0 spiro atoms. The fourth-order valence-corrected chi connectivity index (χ4v) is 2.57. The summed E-state index contributed by atoms with van der Waals surface area (Å²) < 4.78 is 44.2.